The van der Waals surface area contributed by atoms with Gasteiger partial charge in [-0.05, 0) is 67.1 Å². The predicted molar refractivity (Wildman–Crippen MR) is 96.4 cm³/mol. The Bertz CT molecular complexity index is 482. The molecule has 3 fully saturated rings. The molecule has 24 heavy (non-hydrogen) atoms. The monoisotopic (exact) mass is 330 g/mol. The average Bonchev–Trinajstić information content (AvgIpc) is 3.32. The van der Waals surface area contributed by atoms with E-state index in [1.54, 1.807) is 0 Å². The standard InChI is InChI=1S/C22H34O2/c1-2-3-4-5-6-7-10-24-20(23)14-17-12-18-13-19(17)22-16-9-8-15(11-16)21(18)22/h8-9,15-19,21-22H,2-7,10-14H2,1H3. The Morgan fingerprint density at radius 3 is 2.54 bits per heavy atom. The molecule has 4 aliphatic carbocycles. The van der Waals surface area contributed by atoms with Crippen LogP contribution >= 0.6 is 0 Å². The summed E-state index contributed by atoms with van der Waals surface area (Å²) in [6.45, 7) is 2.89. The van der Waals surface area contributed by atoms with Crippen molar-refractivity contribution in [3.63, 3.8) is 0 Å². The van der Waals surface area contributed by atoms with Gasteiger partial charge in [-0.25, -0.2) is 0 Å². The second kappa shape index (κ2) is 7.22. The highest BCUT2D eigenvalue weighted by atomic mass is 16.5. The summed E-state index contributed by atoms with van der Waals surface area (Å²) in [4.78, 5) is 12.2. The van der Waals surface area contributed by atoms with Gasteiger partial charge in [0.1, 0.15) is 0 Å². The van der Waals surface area contributed by atoms with Crippen molar-refractivity contribution in [2.45, 2.75) is 71.1 Å². The van der Waals surface area contributed by atoms with Crippen molar-refractivity contribution in [2.24, 2.45) is 41.4 Å². The van der Waals surface area contributed by atoms with E-state index >= 15 is 0 Å². The Morgan fingerprint density at radius 1 is 0.958 bits per heavy atom. The molecule has 0 radical (unpaired) electrons. The number of carbonyl (C=O) groups is 1. The number of rotatable bonds is 9. The second-order valence-corrected chi connectivity index (χ2v) is 8.95. The highest BCUT2D eigenvalue weighted by Crippen LogP contribution is 2.67. The number of hydrogen-bond donors (Lipinski definition) is 0. The van der Waals surface area contributed by atoms with Crippen LogP contribution in [-0.4, -0.2) is 12.6 Å². The zero-order chi connectivity index (χ0) is 16.5. The third-order valence-electron chi connectivity index (χ3n) is 7.60. The predicted octanol–water partition coefficient (Wildman–Crippen LogP) is 5.37. The molecular weight excluding hydrogens is 296 g/mol. The normalized spacial score (nSPS) is 41.1. The molecule has 0 aromatic rings. The summed E-state index contributed by atoms with van der Waals surface area (Å²) < 4.78 is 5.54. The topological polar surface area (TPSA) is 26.3 Å². The minimum atomic E-state index is 0.0800. The number of allylic oxidation sites excluding steroid dienone is 2. The van der Waals surface area contributed by atoms with Crippen LogP contribution in [-0.2, 0) is 9.53 Å². The molecule has 0 aromatic carbocycles. The number of ether oxygens (including phenoxy) is 1. The van der Waals surface area contributed by atoms with Crippen molar-refractivity contribution in [3.8, 4) is 0 Å². The van der Waals surface area contributed by atoms with Crippen LogP contribution in [0.5, 0.6) is 0 Å². The van der Waals surface area contributed by atoms with Gasteiger partial charge in [-0.15, -0.1) is 0 Å². The smallest absolute Gasteiger partial charge is 0.306 e. The largest absolute Gasteiger partial charge is 0.466 e. The minimum Gasteiger partial charge on any atom is -0.466 e. The summed E-state index contributed by atoms with van der Waals surface area (Å²) >= 11 is 0. The van der Waals surface area contributed by atoms with E-state index in [9.17, 15) is 4.79 Å². The number of hydrogen-bond acceptors (Lipinski definition) is 2. The average molecular weight is 331 g/mol. The summed E-state index contributed by atoms with van der Waals surface area (Å²) in [6.07, 6.45) is 17.3. The van der Waals surface area contributed by atoms with Gasteiger partial charge >= 0.3 is 5.97 Å². The minimum absolute atomic E-state index is 0.0800. The van der Waals surface area contributed by atoms with Crippen LogP contribution in [0, 0.1) is 41.4 Å². The maximum absolute atomic E-state index is 12.2. The summed E-state index contributed by atoms with van der Waals surface area (Å²) in [5.41, 5.74) is 0. The highest BCUT2D eigenvalue weighted by Gasteiger charge is 2.60. The molecule has 2 heteroatoms. The van der Waals surface area contributed by atoms with Crippen LogP contribution < -0.4 is 0 Å². The number of fused-ring (bicyclic) bond motifs is 9. The lowest BCUT2D eigenvalue weighted by Crippen LogP contribution is -2.32. The van der Waals surface area contributed by atoms with Gasteiger partial charge in [0.15, 0.2) is 0 Å². The first-order valence-corrected chi connectivity index (χ1v) is 10.6. The fourth-order valence-electron chi connectivity index (χ4n) is 6.73. The molecule has 0 saturated heterocycles. The first-order chi connectivity index (χ1) is 11.8. The fourth-order valence-corrected chi connectivity index (χ4v) is 6.73. The molecule has 4 aliphatic rings. The highest BCUT2D eigenvalue weighted by molar-refractivity contribution is 5.69. The van der Waals surface area contributed by atoms with E-state index < -0.39 is 0 Å². The number of esters is 1. The van der Waals surface area contributed by atoms with Gasteiger partial charge in [0, 0.05) is 6.42 Å². The van der Waals surface area contributed by atoms with E-state index in [0.29, 0.717) is 18.9 Å². The molecule has 134 valence electrons. The number of carbonyl (C=O) groups excluding carboxylic acids is 1. The first kappa shape index (κ1) is 16.7. The first-order valence-electron chi connectivity index (χ1n) is 10.6. The maximum atomic E-state index is 12.2. The fraction of sp³-hybridized carbons (Fsp3) is 0.864. The van der Waals surface area contributed by atoms with E-state index in [2.05, 4.69) is 19.1 Å². The summed E-state index contributed by atoms with van der Waals surface area (Å²) in [5.74, 6) is 6.05. The zero-order valence-electron chi connectivity index (χ0n) is 15.3. The maximum Gasteiger partial charge on any atom is 0.306 e. The van der Waals surface area contributed by atoms with E-state index in [4.69, 9.17) is 4.74 Å². The molecular formula is C22H34O2. The van der Waals surface area contributed by atoms with Gasteiger partial charge in [0.05, 0.1) is 6.61 Å². The van der Waals surface area contributed by atoms with Crippen molar-refractivity contribution < 1.29 is 9.53 Å². The van der Waals surface area contributed by atoms with Crippen LogP contribution in [0.1, 0.15) is 71.1 Å². The van der Waals surface area contributed by atoms with Gasteiger partial charge < -0.3 is 4.74 Å². The number of unbranched alkanes of at least 4 members (excludes halogenated alkanes) is 5. The molecule has 0 N–H and O–H groups in total. The molecule has 0 amide bonds. The van der Waals surface area contributed by atoms with Crippen LogP contribution in [0.15, 0.2) is 12.2 Å². The van der Waals surface area contributed by atoms with Gasteiger partial charge in [-0.1, -0.05) is 51.2 Å². The Balaban J connectivity index is 1.16. The van der Waals surface area contributed by atoms with Gasteiger partial charge in [-0.2, -0.15) is 0 Å². The van der Waals surface area contributed by atoms with Gasteiger partial charge in [0.2, 0.25) is 0 Å². The van der Waals surface area contributed by atoms with E-state index in [-0.39, 0.29) is 5.97 Å². The van der Waals surface area contributed by atoms with Crippen molar-refractivity contribution >= 4 is 5.97 Å². The molecule has 3 saturated carbocycles. The van der Waals surface area contributed by atoms with Crippen molar-refractivity contribution in [1.29, 1.82) is 0 Å². The Hall–Kier alpha value is -0.790. The van der Waals surface area contributed by atoms with Crippen LogP contribution in [0.25, 0.3) is 0 Å². The lowest BCUT2D eigenvalue weighted by Gasteiger charge is -2.36. The van der Waals surface area contributed by atoms with E-state index in [1.807, 2.05) is 0 Å². The van der Waals surface area contributed by atoms with Crippen molar-refractivity contribution in [2.75, 3.05) is 6.61 Å². The van der Waals surface area contributed by atoms with Crippen molar-refractivity contribution in [3.05, 3.63) is 12.2 Å². The lowest BCUT2D eigenvalue weighted by atomic mass is 9.69. The zero-order valence-corrected chi connectivity index (χ0v) is 15.3. The third kappa shape index (κ3) is 3.06. The summed E-state index contributed by atoms with van der Waals surface area (Å²) in [5, 5.41) is 0. The Kier molecular flexibility index (Phi) is 5.01. The molecule has 0 spiro atoms. The van der Waals surface area contributed by atoms with E-state index in [0.717, 1.165) is 41.9 Å². The Labute approximate surface area is 147 Å². The quantitative estimate of drug-likeness (QED) is 0.246. The second-order valence-electron chi connectivity index (χ2n) is 8.95. The molecule has 4 bridgehead atoms. The molecule has 0 heterocycles. The third-order valence-corrected chi connectivity index (χ3v) is 7.60. The Morgan fingerprint density at radius 2 is 1.71 bits per heavy atom. The summed E-state index contributed by atoms with van der Waals surface area (Å²) in [6, 6.07) is 0. The SMILES string of the molecule is CCCCCCCCOC(=O)CC1CC2CC1C1C3C=CC(C3)C21. The molecule has 7 unspecified atom stereocenters. The molecule has 0 aliphatic heterocycles. The van der Waals surface area contributed by atoms with Gasteiger partial charge in [0.25, 0.3) is 0 Å². The molecule has 0 aromatic heterocycles. The van der Waals surface area contributed by atoms with Crippen molar-refractivity contribution in [1.82, 2.24) is 0 Å². The molecule has 4 rings (SSSR count). The van der Waals surface area contributed by atoms with Gasteiger partial charge in [-0.3, -0.25) is 4.79 Å². The molecule has 7 atom stereocenters. The summed E-state index contributed by atoms with van der Waals surface area (Å²) in [7, 11) is 0. The lowest BCUT2D eigenvalue weighted by molar-refractivity contribution is -0.145. The molecule has 2 nitrogen and oxygen atoms in total. The van der Waals surface area contributed by atoms with Crippen LogP contribution in [0.2, 0.25) is 0 Å². The van der Waals surface area contributed by atoms with E-state index in [1.165, 1.54) is 51.4 Å². The van der Waals surface area contributed by atoms with Crippen LogP contribution in [0.3, 0.4) is 0 Å². The van der Waals surface area contributed by atoms with Crippen LogP contribution in [0.4, 0.5) is 0 Å².